The van der Waals surface area contributed by atoms with E-state index in [0.717, 1.165) is 12.1 Å². The lowest BCUT2D eigenvalue weighted by Crippen LogP contribution is -2.28. The quantitative estimate of drug-likeness (QED) is 0.886. The first-order chi connectivity index (χ1) is 9.70. The summed E-state index contributed by atoms with van der Waals surface area (Å²) >= 11 is 4.85. The van der Waals surface area contributed by atoms with Crippen molar-refractivity contribution in [1.82, 2.24) is 4.57 Å². The second-order valence-electron chi connectivity index (χ2n) is 4.88. The molecule has 1 unspecified atom stereocenters. The van der Waals surface area contributed by atoms with Crippen LogP contribution < -0.4 is 11.3 Å². The minimum atomic E-state index is -4.43. The number of thiocarbonyl (C=S) groups is 1. The van der Waals surface area contributed by atoms with Gasteiger partial charge in [0.2, 0.25) is 0 Å². The first kappa shape index (κ1) is 15.5. The van der Waals surface area contributed by atoms with Gasteiger partial charge in [-0.25, -0.2) is 0 Å². The number of nitrogens with two attached hydrogens (primary N) is 1. The highest BCUT2D eigenvalue weighted by molar-refractivity contribution is 7.80. The Morgan fingerprint density at radius 3 is 2.62 bits per heavy atom. The van der Waals surface area contributed by atoms with Crippen molar-refractivity contribution in [2.45, 2.75) is 19.6 Å². The normalized spacial score (nSPS) is 13.3. The minimum Gasteiger partial charge on any atom is -0.393 e. The molecule has 0 amide bonds. The largest absolute Gasteiger partial charge is 0.416 e. The summed E-state index contributed by atoms with van der Waals surface area (Å²) in [7, 11) is 0. The molecule has 0 fully saturated rings. The molecule has 0 aliphatic carbocycles. The van der Waals surface area contributed by atoms with Crippen LogP contribution in [0.5, 0.6) is 0 Å². The van der Waals surface area contributed by atoms with Gasteiger partial charge >= 0.3 is 6.18 Å². The van der Waals surface area contributed by atoms with Crippen LogP contribution in [0.25, 0.3) is 10.8 Å². The van der Waals surface area contributed by atoms with Crippen molar-refractivity contribution < 1.29 is 13.2 Å². The van der Waals surface area contributed by atoms with Crippen molar-refractivity contribution in [2.24, 2.45) is 11.7 Å². The Morgan fingerprint density at radius 2 is 2.05 bits per heavy atom. The van der Waals surface area contributed by atoms with E-state index in [1.807, 2.05) is 0 Å². The van der Waals surface area contributed by atoms with Gasteiger partial charge in [0.25, 0.3) is 5.56 Å². The molecular formula is C14H13F3N2OS. The smallest absolute Gasteiger partial charge is 0.393 e. The van der Waals surface area contributed by atoms with Gasteiger partial charge in [0.05, 0.1) is 10.6 Å². The SMILES string of the molecule is CC(Cn1ccc2cc(C(F)(F)F)ccc2c1=O)C(N)=S. The van der Waals surface area contributed by atoms with Crippen molar-refractivity contribution in [2.75, 3.05) is 0 Å². The number of pyridine rings is 1. The molecule has 112 valence electrons. The number of nitrogens with zero attached hydrogens (tertiary/aromatic N) is 1. The molecule has 0 bridgehead atoms. The monoisotopic (exact) mass is 314 g/mol. The van der Waals surface area contributed by atoms with Crippen molar-refractivity contribution >= 4 is 28.0 Å². The Balaban J connectivity index is 2.49. The van der Waals surface area contributed by atoms with Crippen molar-refractivity contribution in [3.05, 3.63) is 46.4 Å². The standard InChI is InChI=1S/C14H13F3N2OS/c1-8(12(18)21)7-19-5-4-9-6-10(14(15,16)17)2-3-11(9)13(19)20/h2-6,8H,7H2,1H3,(H2,18,21). The first-order valence-corrected chi connectivity index (χ1v) is 6.60. The van der Waals surface area contributed by atoms with E-state index in [4.69, 9.17) is 18.0 Å². The number of hydrogen-bond donors (Lipinski definition) is 1. The molecule has 7 heteroatoms. The topological polar surface area (TPSA) is 48.0 Å². The van der Waals surface area contributed by atoms with Crippen LogP contribution >= 0.6 is 12.2 Å². The van der Waals surface area contributed by atoms with Gasteiger partial charge in [-0.2, -0.15) is 13.2 Å². The minimum absolute atomic E-state index is 0.176. The highest BCUT2D eigenvalue weighted by atomic mass is 32.1. The van der Waals surface area contributed by atoms with Crippen LogP contribution in [0.4, 0.5) is 13.2 Å². The summed E-state index contributed by atoms with van der Waals surface area (Å²) in [6.45, 7) is 2.08. The Bertz CT molecular complexity index is 752. The molecule has 0 radical (unpaired) electrons. The number of hydrogen-bond acceptors (Lipinski definition) is 2. The molecule has 21 heavy (non-hydrogen) atoms. The number of fused-ring (bicyclic) bond motifs is 1. The molecule has 2 rings (SSSR count). The van der Waals surface area contributed by atoms with E-state index in [-0.39, 0.29) is 27.2 Å². The van der Waals surface area contributed by atoms with Crippen molar-refractivity contribution in [1.29, 1.82) is 0 Å². The van der Waals surface area contributed by atoms with Crippen LogP contribution in [0.1, 0.15) is 12.5 Å². The number of rotatable bonds is 3. The van der Waals surface area contributed by atoms with Crippen LogP contribution in [-0.2, 0) is 12.7 Å². The van der Waals surface area contributed by atoms with Crippen LogP contribution in [0.2, 0.25) is 0 Å². The van der Waals surface area contributed by atoms with Gasteiger partial charge in [-0.3, -0.25) is 4.79 Å². The van der Waals surface area contributed by atoms with E-state index in [1.165, 1.54) is 22.9 Å². The van der Waals surface area contributed by atoms with E-state index in [0.29, 0.717) is 6.54 Å². The summed E-state index contributed by atoms with van der Waals surface area (Å²) in [5, 5.41) is 0.495. The lowest BCUT2D eigenvalue weighted by molar-refractivity contribution is -0.137. The second kappa shape index (κ2) is 5.48. The second-order valence-corrected chi connectivity index (χ2v) is 5.35. The van der Waals surface area contributed by atoms with Gasteiger partial charge in [0.1, 0.15) is 0 Å². The summed E-state index contributed by atoms with van der Waals surface area (Å²) < 4.78 is 39.3. The molecule has 1 heterocycles. The maximum atomic E-state index is 12.6. The highest BCUT2D eigenvalue weighted by Gasteiger charge is 2.30. The summed E-state index contributed by atoms with van der Waals surface area (Å²) in [4.78, 5) is 12.5. The van der Waals surface area contributed by atoms with Crippen molar-refractivity contribution in [3.63, 3.8) is 0 Å². The average Bonchev–Trinajstić information content (AvgIpc) is 2.40. The molecule has 0 aliphatic rings. The molecule has 1 aromatic heterocycles. The zero-order valence-corrected chi connectivity index (χ0v) is 12.0. The van der Waals surface area contributed by atoms with E-state index in [2.05, 4.69) is 0 Å². The van der Waals surface area contributed by atoms with Gasteiger partial charge in [-0.15, -0.1) is 0 Å². The van der Waals surface area contributed by atoms with Gasteiger partial charge in [-0.1, -0.05) is 19.1 Å². The molecule has 0 spiro atoms. The predicted molar refractivity (Wildman–Crippen MR) is 79.2 cm³/mol. The molecule has 0 saturated carbocycles. The van der Waals surface area contributed by atoms with Gasteiger partial charge in [0, 0.05) is 24.0 Å². The fraction of sp³-hybridized carbons (Fsp3) is 0.286. The van der Waals surface area contributed by atoms with E-state index >= 15 is 0 Å². The Kier molecular flexibility index (Phi) is 4.04. The predicted octanol–water partition coefficient (Wildman–Crippen LogP) is 2.94. The van der Waals surface area contributed by atoms with Crippen LogP contribution in [0, 0.1) is 5.92 Å². The fourth-order valence-electron chi connectivity index (χ4n) is 1.99. The molecule has 0 aliphatic heterocycles. The maximum absolute atomic E-state index is 12.6. The number of alkyl halides is 3. The van der Waals surface area contributed by atoms with E-state index < -0.39 is 11.7 Å². The molecule has 3 nitrogen and oxygen atoms in total. The third-order valence-corrected chi connectivity index (χ3v) is 3.66. The molecule has 1 atom stereocenters. The molecular weight excluding hydrogens is 301 g/mol. The lowest BCUT2D eigenvalue weighted by Gasteiger charge is -2.13. The zero-order valence-electron chi connectivity index (χ0n) is 11.1. The first-order valence-electron chi connectivity index (χ1n) is 6.20. The number of benzene rings is 1. The molecule has 2 aromatic rings. The summed E-state index contributed by atoms with van der Waals surface area (Å²) in [5.41, 5.74) is 4.37. The Morgan fingerprint density at radius 1 is 1.38 bits per heavy atom. The summed E-state index contributed by atoms with van der Waals surface area (Å²) in [5.74, 6) is -0.176. The third-order valence-electron chi connectivity index (χ3n) is 3.26. The fourth-order valence-corrected chi connectivity index (χ4v) is 2.07. The lowest BCUT2D eigenvalue weighted by atomic mass is 10.1. The van der Waals surface area contributed by atoms with Crippen LogP contribution in [0.15, 0.2) is 35.3 Å². The summed E-state index contributed by atoms with van der Waals surface area (Å²) in [6.07, 6.45) is -2.97. The van der Waals surface area contributed by atoms with Gasteiger partial charge < -0.3 is 10.3 Å². The van der Waals surface area contributed by atoms with Crippen molar-refractivity contribution in [3.8, 4) is 0 Å². The van der Waals surface area contributed by atoms with Crippen LogP contribution in [-0.4, -0.2) is 9.56 Å². The highest BCUT2D eigenvalue weighted by Crippen LogP contribution is 2.30. The Labute approximate surface area is 124 Å². The van der Waals surface area contributed by atoms with E-state index in [1.54, 1.807) is 6.92 Å². The number of aromatic nitrogens is 1. The maximum Gasteiger partial charge on any atom is 0.416 e. The summed E-state index contributed by atoms with van der Waals surface area (Å²) in [6, 6.07) is 4.56. The molecule has 0 saturated heterocycles. The van der Waals surface area contributed by atoms with Gasteiger partial charge in [-0.05, 0) is 29.7 Å². The average molecular weight is 314 g/mol. The van der Waals surface area contributed by atoms with Crippen LogP contribution in [0.3, 0.4) is 0 Å². The number of halogens is 3. The Hall–Kier alpha value is -1.89. The third kappa shape index (κ3) is 3.24. The molecule has 1 aromatic carbocycles. The molecule has 2 N–H and O–H groups in total. The van der Waals surface area contributed by atoms with E-state index in [9.17, 15) is 18.0 Å². The zero-order chi connectivity index (χ0) is 15.8. The van der Waals surface area contributed by atoms with Gasteiger partial charge in [0.15, 0.2) is 0 Å².